The number of hydrogen-bond acceptors (Lipinski definition) is 4. The lowest BCUT2D eigenvalue weighted by Crippen LogP contribution is -2.11. The maximum absolute atomic E-state index is 12.2. The van der Waals surface area contributed by atoms with Crippen LogP contribution in [-0.4, -0.2) is 20.9 Å². The van der Waals surface area contributed by atoms with Gasteiger partial charge in [0, 0.05) is 22.3 Å². The highest BCUT2D eigenvalue weighted by atomic mass is 35.5. The maximum atomic E-state index is 12.2. The minimum Gasteiger partial charge on any atom is -0.368 e. The van der Waals surface area contributed by atoms with E-state index in [0.29, 0.717) is 33.2 Å². The summed E-state index contributed by atoms with van der Waals surface area (Å²) in [5.41, 5.74) is 16.5. The van der Waals surface area contributed by atoms with Crippen molar-refractivity contribution in [2.75, 3.05) is 5.73 Å². The van der Waals surface area contributed by atoms with Crippen molar-refractivity contribution in [2.24, 2.45) is 5.73 Å². The average molecular weight is 428 g/mol. The number of amides is 1. The molecule has 0 radical (unpaired) electrons. The van der Waals surface area contributed by atoms with Crippen LogP contribution in [0.3, 0.4) is 0 Å². The molecule has 4 aromatic rings. The minimum absolute atomic E-state index is 0.0935. The fraction of sp³-hybridized carbons (Fsp3) is 0.0417. The Bertz CT molecular complexity index is 1350. The van der Waals surface area contributed by atoms with Gasteiger partial charge in [0.05, 0.1) is 22.5 Å². The van der Waals surface area contributed by atoms with Crippen LogP contribution in [0.1, 0.15) is 27.0 Å². The van der Waals surface area contributed by atoms with E-state index < -0.39 is 5.91 Å². The van der Waals surface area contributed by atoms with Crippen molar-refractivity contribution in [1.82, 2.24) is 15.0 Å². The Morgan fingerprint density at radius 2 is 1.87 bits per heavy atom. The smallest absolute Gasteiger partial charge is 0.250 e. The molecule has 0 aliphatic heterocycles. The van der Waals surface area contributed by atoms with Gasteiger partial charge in [-0.05, 0) is 42.8 Å². The van der Waals surface area contributed by atoms with Crippen molar-refractivity contribution >= 4 is 23.5 Å². The second-order valence-corrected chi connectivity index (χ2v) is 7.34. The highest BCUT2D eigenvalue weighted by molar-refractivity contribution is 6.31. The van der Waals surface area contributed by atoms with E-state index in [2.05, 4.69) is 26.8 Å². The summed E-state index contributed by atoms with van der Waals surface area (Å²) < 4.78 is 0. The molecule has 0 aliphatic carbocycles. The Balaban J connectivity index is 1.88. The number of aryl methyl sites for hydroxylation is 1. The molecule has 31 heavy (non-hydrogen) atoms. The monoisotopic (exact) mass is 427 g/mol. The number of halogens is 1. The summed E-state index contributed by atoms with van der Waals surface area (Å²) in [7, 11) is 0. The van der Waals surface area contributed by atoms with Crippen LogP contribution in [-0.2, 0) is 0 Å². The van der Waals surface area contributed by atoms with E-state index in [1.165, 1.54) is 0 Å². The van der Waals surface area contributed by atoms with Crippen LogP contribution in [0.25, 0.3) is 22.6 Å². The molecule has 2 aromatic heterocycles. The van der Waals surface area contributed by atoms with Crippen LogP contribution in [0.5, 0.6) is 0 Å². The van der Waals surface area contributed by atoms with Crippen molar-refractivity contribution in [3.05, 3.63) is 88.1 Å². The first-order valence-corrected chi connectivity index (χ1v) is 9.79. The highest BCUT2D eigenvalue weighted by Crippen LogP contribution is 2.32. The van der Waals surface area contributed by atoms with Crippen LogP contribution in [0.2, 0.25) is 5.02 Å². The lowest BCUT2D eigenvalue weighted by molar-refractivity contribution is 0.100. The van der Waals surface area contributed by atoms with Gasteiger partial charge < -0.3 is 16.5 Å². The molecule has 5 N–H and O–H groups in total. The first-order valence-electron chi connectivity index (χ1n) is 9.41. The number of primary amides is 1. The van der Waals surface area contributed by atoms with E-state index in [9.17, 15) is 4.79 Å². The third-order valence-electron chi connectivity index (χ3n) is 4.73. The maximum Gasteiger partial charge on any atom is 0.250 e. The zero-order valence-corrected chi connectivity index (χ0v) is 17.4. The third kappa shape index (κ3) is 4.27. The van der Waals surface area contributed by atoms with Gasteiger partial charge in [-0.15, -0.1) is 0 Å². The van der Waals surface area contributed by atoms with E-state index in [4.69, 9.17) is 23.1 Å². The van der Waals surface area contributed by atoms with Gasteiger partial charge in [-0.3, -0.25) is 4.79 Å². The highest BCUT2D eigenvalue weighted by Gasteiger charge is 2.19. The van der Waals surface area contributed by atoms with E-state index in [0.717, 1.165) is 16.7 Å². The molecular formula is C24H18ClN5O. The average Bonchev–Trinajstić information content (AvgIpc) is 3.21. The number of rotatable bonds is 3. The molecule has 0 bridgehead atoms. The first kappa shape index (κ1) is 20.2. The van der Waals surface area contributed by atoms with Gasteiger partial charge in [-0.25, -0.2) is 9.97 Å². The Kier molecular flexibility index (Phi) is 5.44. The third-order valence-corrected chi connectivity index (χ3v) is 4.97. The lowest BCUT2D eigenvalue weighted by Gasteiger charge is -2.07. The topological polar surface area (TPSA) is 111 Å². The number of hydrogen-bond donors (Lipinski definition) is 3. The van der Waals surface area contributed by atoms with Gasteiger partial charge in [-0.1, -0.05) is 47.7 Å². The molecule has 1 amide bonds. The van der Waals surface area contributed by atoms with Crippen molar-refractivity contribution < 1.29 is 4.79 Å². The lowest BCUT2D eigenvalue weighted by atomic mass is 10.0. The molecule has 7 heteroatoms. The molecule has 0 saturated heterocycles. The molecule has 2 aromatic carbocycles. The van der Waals surface area contributed by atoms with E-state index >= 15 is 0 Å². The molecule has 0 atom stereocenters. The fourth-order valence-electron chi connectivity index (χ4n) is 3.21. The molecule has 0 unspecified atom stereocenters. The van der Waals surface area contributed by atoms with Crippen molar-refractivity contribution in [1.29, 1.82) is 0 Å². The zero-order valence-electron chi connectivity index (χ0n) is 16.6. The number of aromatic amines is 1. The fourth-order valence-corrected chi connectivity index (χ4v) is 3.38. The quantitative estimate of drug-likeness (QED) is 0.426. The number of nitrogens with two attached hydrogens (primary N) is 2. The van der Waals surface area contributed by atoms with E-state index in [1.54, 1.807) is 24.4 Å². The molecule has 0 aliphatic rings. The summed E-state index contributed by atoms with van der Waals surface area (Å²) in [6, 6.07) is 16.7. The van der Waals surface area contributed by atoms with Gasteiger partial charge in [0.1, 0.15) is 5.69 Å². The van der Waals surface area contributed by atoms with Gasteiger partial charge in [-0.2, -0.15) is 0 Å². The predicted molar refractivity (Wildman–Crippen MR) is 122 cm³/mol. The van der Waals surface area contributed by atoms with Crippen molar-refractivity contribution in [2.45, 2.75) is 6.92 Å². The molecular weight excluding hydrogens is 410 g/mol. The van der Waals surface area contributed by atoms with Crippen LogP contribution in [0.4, 0.5) is 5.95 Å². The van der Waals surface area contributed by atoms with E-state index in [1.807, 2.05) is 43.3 Å². The molecule has 2 heterocycles. The van der Waals surface area contributed by atoms with Gasteiger partial charge in [0.2, 0.25) is 5.95 Å². The SMILES string of the molecule is Cc1ccc(Cl)cc1-c1[nH]c(-c2nc(N)ncc2C#Cc2ccccc2)cc1C(N)=O. The molecule has 152 valence electrons. The summed E-state index contributed by atoms with van der Waals surface area (Å²) >= 11 is 6.18. The molecule has 0 fully saturated rings. The van der Waals surface area contributed by atoms with Gasteiger partial charge in [0.15, 0.2) is 0 Å². The van der Waals surface area contributed by atoms with Crippen molar-refractivity contribution in [3.8, 4) is 34.5 Å². The second-order valence-electron chi connectivity index (χ2n) is 6.90. The van der Waals surface area contributed by atoms with Crippen LogP contribution < -0.4 is 11.5 Å². The zero-order chi connectivity index (χ0) is 22.0. The van der Waals surface area contributed by atoms with Crippen LogP contribution in [0.15, 0.2) is 60.8 Å². The predicted octanol–water partition coefficient (Wildman–Crippen LogP) is 4.18. The number of benzene rings is 2. The van der Waals surface area contributed by atoms with Gasteiger partial charge in [0.25, 0.3) is 5.91 Å². The van der Waals surface area contributed by atoms with Gasteiger partial charge >= 0.3 is 0 Å². The second kappa shape index (κ2) is 8.34. The largest absolute Gasteiger partial charge is 0.368 e. The summed E-state index contributed by atoms with van der Waals surface area (Å²) in [4.78, 5) is 23.9. The number of aromatic nitrogens is 3. The Morgan fingerprint density at radius 1 is 1.10 bits per heavy atom. The molecule has 0 spiro atoms. The number of H-pyrrole nitrogens is 1. The van der Waals surface area contributed by atoms with Crippen LogP contribution in [0, 0.1) is 18.8 Å². The van der Waals surface area contributed by atoms with E-state index in [-0.39, 0.29) is 5.95 Å². The Labute approximate surface area is 184 Å². The summed E-state index contributed by atoms with van der Waals surface area (Å²) in [5.74, 6) is 5.70. The van der Waals surface area contributed by atoms with Crippen LogP contribution >= 0.6 is 11.6 Å². The number of nitrogens with zero attached hydrogens (tertiary/aromatic N) is 2. The van der Waals surface area contributed by atoms with Crippen molar-refractivity contribution in [3.63, 3.8) is 0 Å². The standard InChI is InChI=1S/C24H18ClN5O/c1-14-7-10-17(25)11-18(14)22-19(23(26)31)12-20(29-22)21-16(13-28-24(27)30-21)9-8-15-5-3-2-4-6-15/h2-7,10-13,29H,1H3,(H2,26,31)(H2,27,28,30). The first-order chi connectivity index (χ1) is 14.9. The number of carbonyl (C=O) groups excluding carboxylic acids is 1. The summed E-state index contributed by atoms with van der Waals surface area (Å²) in [6.45, 7) is 1.93. The molecule has 0 saturated carbocycles. The minimum atomic E-state index is -0.573. The number of nitrogen functional groups attached to an aromatic ring is 1. The normalized spacial score (nSPS) is 10.4. The summed E-state index contributed by atoms with van der Waals surface area (Å²) in [5, 5.41) is 0.549. The Hall–Kier alpha value is -4.08. The molecule has 4 rings (SSSR count). The molecule has 6 nitrogen and oxygen atoms in total. The Morgan fingerprint density at radius 3 is 2.61 bits per heavy atom. The summed E-state index contributed by atoms with van der Waals surface area (Å²) in [6.07, 6.45) is 1.56. The number of nitrogens with one attached hydrogen (secondary N) is 1. The number of anilines is 1. The number of carbonyl (C=O) groups is 1.